The van der Waals surface area contributed by atoms with Crippen molar-refractivity contribution in [1.82, 2.24) is 10.2 Å². The van der Waals surface area contributed by atoms with Gasteiger partial charge < -0.3 is 20.1 Å². The molecule has 0 saturated heterocycles. The molecule has 0 bridgehead atoms. The Morgan fingerprint density at radius 3 is 2.38 bits per heavy atom. The van der Waals surface area contributed by atoms with Crippen LogP contribution >= 0.6 is 0 Å². The van der Waals surface area contributed by atoms with Gasteiger partial charge in [0.15, 0.2) is 6.61 Å². The zero-order valence-corrected chi connectivity index (χ0v) is 12.0. The van der Waals surface area contributed by atoms with E-state index >= 15 is 0 Å². The van der Waals surface area contributed by atoms with Crippen molar-refractivity contribution < 1.29 is 24.2 Å². The number of benzene rings is 1. The molecule has 0 fully saturated rings. The van der Waals surface area contributed by atoms with Gasteiger partial charge in [0.05, 0.1) is 13.0 Å². The number of carbonyl (C=O) groups excluding carboxylic acids is 3. The van der Waals surface area contributed by atoms with E-state index in [0.717, 1.165) is 0 Å². The Morgan fingerprint density at radius 1 is 1.19 bits per heavy atom. The number of likely N-dealkylation sites (N-methyl/N-ethyl adjacent to an activating group) is 1. The molecule has 0 aromatic heterocycles. The first-order valence-electron chi connectivity index (χ1n) is 6.29. The van der Waals surface area contributed by atoms with Crippen LogP contribution in [0.4, 0.5) is 0 Å². The first kappa shape index (κ1) is 16.5. The molecule has 0 radical (unpaired) electrons. The maximum atomic E-state index is 11.5. The van der Waals surface area contributed by atoms with Crippen LogP contribution in [0.15, 0.2) is 24.3 Å². The molecular formula is C14H18N2O5. The minimum absolute atomic E-state index is 0.00416. The summed E-state index contributed by atoms with van der Waals surface area (Å²) in [6, 6.07) is 6.10. The highest BCUT2D eigenvalue weighted by molar-refractivity contribution is 5.86. The smallest absolute Gasteiger partial charge is 0.310 e. The zero-order chi connectivity index (χ0) is 15.8. The van der Waals surface area contributed by atoms with Gasteiger partial charge in [0.2, 0.25) is 5.91 Å². The van der Waals surface area contributed by atoms with Gasteiger partial charge in [-0.25, -0.2) is 0 Å². The Bertz CT molecular complexity index is 511. The fourth-order valence-corrected chi connectivity index (χ4v) is 1.36. The molecule has 7 nitrogen and oxygen atoms in total. The number of hydrogen-bond acceptors (Lipinski definition) is 5. The van der Waals surface area contributed by atoms with Crippen LogP contribution in [0.25, 0.3) is 0 Å². The van der Waals surface area contributed by atoms with Crippen molar-refractivity contribution in [3.63, 3.8) is 0 Å². The highest BCUT2D eigenvalue weighted by atomic mass is 16.5. The van der Waals surface area contributed by atoms with Crippen LogP contribution < -0.4 is 5.32 Å². The normalized spacial score (nSPS) is 9.81. The average molecular weight is 294 g/mol. The van der Waals surface area contributed by atoms with Gasteiger partial charge in [-0.2, -0.15) is 0 Å². The van der Waals surface area contributed by atoms with E-state index < -0.39 is 18.5 Å². The van der Waals surface area contributed by atoms with Crippen LogP contribution in [0, 0.1) is 0 Å². The molecule has 2 N–H and O–H groups in total. The van der Waals surface area contributed by atoms with E-state index in [4.69, 9.17) is 9.84 Å². The molecule has 2 amide bonds. The molecule has 0 spiro atoms. The monoisotopic (exact) mass is 294 g/mol. The fourth-order valence-electron chi connectivity index (χ4n) is 1.36. The maximum absolute atomic E-state index is 11.5. The van der Waals surface area contributed by atoms with Gasteiger partial charge >= 0.3 is 5.97 Å². The molecule has 0 saturated carbocycles. The van der Waals surface area contributed by atoms with Crippen LogP contribution in [0.2, 0.25) is 0 Å². The number of rotatable bonds is 6. The summed E-state index contributed by atoms with van der Waals surface area (Å²) in [6.07, 6.45) is 0.00416. The van der Waals surface area contributed by atoms with Crippen molar-refractivity contribution in [2.45, 2.75) is 6.42 Å². The Morgan fingerprint density at radius 2 is 1.81 bits per heavy atom. The predicted octanol–water partition coefficient (Wildman–Crippen LogP) is -0.318. The third-order valence-electron chi connectivity index (χ3n) is 2.58. The molecule has 1 aromatic rings. The first-order valence-corrected chi connectivity index (χ1v) is 6.29. The molecule has 0 aliphatic carbocycles. The van der Waals surface area contributed by atoms with Crippen LogP contribution in [0.1, 0.15) is 5.56 Å². The van der Waals surface area contributed by atoms with E-state index in [1.54, 1.807) is 26.2 Å². The van der Waals surface area contributed by atoms with Crippen molar-refractivity contribution in [3.05, 3.63) is 29.8 Å². The molecule has 0 heterocycles. The summed E-state index contributed by atoms with van der Waals surface area (Å²) in [5, 5.41) is 11.5. The number of amides is 2. The first-order chi connectivity index (χ1) is 9.88. The number of carbonyl (C=O) groups is 3. The van der Waals surface area contributed by atoms with Gasteiger partial charge in [0.1, 0.15) is 5.75 Å². The standard InChI is InChI=1S/C14H18N2O5/c1-16(2)13(19)8-15-12(18)9-21-14(20)7-10-3-5-11(17)6-4-10/h3-6,17H,7-9H2,1-2H3,(H,15,18). The lowest BCUT2D eigenvalue weighted by atomic mass is 10.1. The van der Waals surface area contributed by atoms with Crippen LogP contribution in [0.3, 0.4) is 0 Å². The Labute approximate surface area is 122 Å². The summed E-state index contributed by atoms with van der Waals surface area (Å²) in [4.78, 5) is 35.5. The highest BCUT2D eigenvalue weighted by Gasteiger charge is 2.10. The number of esters is 1. The van der Waals surface area contributed by atoms with Crippen molar-refractivity contribution in [3.8, 4) is 5.75 Å². The van der Waals surface area contributed by atoms with E-state index in [-0.39, 0.29) is 24.6 Å². The molecule has 0 aliphatic heterocycles. The summed E-state index contributed by atoms with van der Waals surface area (Å²) < 4.78 is 4.79. The number of nitrogens with one attached hydrogen (secondary N) is 1. The van der Waals surface area contributed by atoms with E-state index in [0.29, 0.717) is 5.56 Å². The lowest BCUT2D eigenvalue weighted by Crippen LogP contribution is -2.38. The lowest BCUT2D eigenvalue weighted by molar-refractivity contribution is -0.148. The zero-order valence-electron chi connectivity index (χ0n) is 12.0. The topological polar surface area (TPSA) is 95.9 Å². The Hall–Kier alpha value is -2.57. The van der Waals surface area contributed by atoms with Crippen molar-refractivity contribution in [1.29, 1.82) is 0 Å². The largest absolute Gasteiger partial charge is 0.508 e. The average Bonchev–Trinajstić information content (AvgIpc) is 2.44. The molecule has 1 aromatic carbocycles. The third kappa shape index (κ3) is 6.42. The third-order valence-corrected chi connectivity index (χ3v) is 2.58. The van der Waals surface area contributed by atoms with Gasteiger partial charge in [-0.05, 0) is 17.7 Å². The number of aromatic hydroxyl groups is 1. The summed E-state index contributed by atoms with van der Waals surface area (Å²) >= 11 is 0. The fraction of sp³-hybridized carbons (Fsp3) is 0.357. The van der Waals surface area contributed by atoms with Gasteiger partial charge in [-0.3, -0.25) is 14.4 Å². The van der Waals surface area contributed by atoms with Crippen molar-refractivity contribution in [2.75, 3.05) is 27.2 Å². The second-order valence-electron chi connectivity index (χ2n) is 4.57. The lowest BCUT2D eigenvalue weighted by Gasteiger charge is -2.11. The molecule has 0 atom stereocenters. The molecule has 7 heteroatoms. The second kappa shape index (κ2) is 7.88. The number of ether oxygens (including phenoxy) is 1. The highest BCUT2D eigenvalue weighted by Crippen LogP contribution is 2.10. The number of phenolic OH excluding ortho intramolecular Hbond substituents is 1. The number of hydrogen-bond donors (Lipinski definition) is 2. The van der Waals surface area contributed by atoms with Gasteiger partial charge in [-0.15, -0.1) is 0 Å². The maximum Gasteiger partial charge on any atom is 0.310 e. The summed E-state index contributed by atoms with van der Waals surface area (Å²) in [7, 11) is 3.15. The summed E-state index contributed by atoms with van der Waals surface area (Å²) in [6.45, 7) is -0.570. The molecule has 0 unspecified atom stereocenters. The minimum atomic E-state index is -0.560. The van der Waals surface area contributed by atoms with Gasteiger partial charge in [0, 0.05) is 14.1 Å². The molecule has 0 aliphatic rings. The number of phenols is 1. The van der Waals surface area contributed by atoms with Crippen LogP contribution in [-0.4, -0.2) is 55.0 Å². The van der Waals surface area contributed by atoms with E-state index in [1.165, 1.54) is 17.0 Å². The van der Waals surface area contributed by atoms with E-state index in [9.17, 15) is 14.4 Å². The minimum Gasteiger partial charge on any atom is -0.508 e. The Balaban J connectivity index is 2.28. The predicted molar refractivity (Wildman–Crippen MR) is 74.5 cm³/mol. The van der Waals surface area contributed by atoms with Crippen molar-refractivity contribution in [2.24, 2.45) is 0 Å². The van der Waals surface area contributed by atoms with E-state index in [1.807, 2.05) is 0 Å². The molecular weight excluding hydrogens is 276 g/mol. The quantitative estimate of drug-likeness (QED) is 0.701. The van der Waals surface area contributed by atoms with Crippen LogP contribution in [0.5, 0.6) is 5.75 Å². The molecule has 21 heavy (non-hydrogen) atoms. The number of nitrogens with zero attached hydrogens (tertiary/aromatic N) is 1. The molecule has 1 rings (SSSR count). The van der Waals surface area contributed by atoms with Gasteiger partial charge in [0.25, 0.3) is 5.91 Å². The van der Waals surface area contributed by atoms with Crippen LogP contribution in [-0.2, 0) is 25.5 Å². The van der Waals surface area contributed by atoms with Crippen molar-refractivity contribution >= 4 is 17.8 Å². The van der Waals surface area contributed by atoms with E-state index in [2.05, 4.69) is 5.32 Å². The van der Waals surface area contributed by atoms with Gasteiger partial charge in [-0.1, -0.05) is 12.1 Å². The summed E-state index contributed by atoms with van der Waals surface area (Å²) in [5.41, 5.74) is 0.668. The second-order valence-corrected chi connectivity index (χ2v) is 4.57. The SMILES string of the molecule is CN(C)C(=O)CNC(=O)COC(=O)Cc1ccc(O)cc1. The Kier molecular flexibility index (Phi) is 6.19. The molecule has 114 valence electrons. The summed E-state index contributed by atoms with van der Waals surface area (Å²) in [5.74, 6) is -1.24.